The number of rotatable bonds is 8. The lowest BCUT2D eigenvalue weighted by Gasteiger charge is -2.45. The SMILES string of the molecule is Cl.Cl.N=C(N)c1ccc(CNC(=O)[C@]2(C3CC4CCC3C4)CCCN2C(=O)CN=CC(=O)O)cn1. The number of likely N-dealkylation sites (tertiary alicyclic amines) is 1. The summed E-state index contributed by atoms with van der Waals surface area (Å²) in [5, 5.41) is 19.3. The van der Waals surface area contributed by atoms with Crippen LogP contribution in [-0.4, -0.2) is 63.5 Å². The third kappa shape index (κ3) is 5.75. The number of amidine groups is 1. The molecule has 5 N–H and O–H groups in total. The summed E-state index contributed by atoms with van der Waals surface area (Å²) in [6, 6.07) is 3.41. The van der Waals surface area contributed by atoms with E-state index in [-0.39, 0.29) is 61.5 Å². The number of aliphatic carboxylic acids is 1. The van der Waals surface area contributed by atoms with Crippen LogP contribution in [0.5, 0.6) is 0 Å². The molecule has 35 heavy (non-hydrogen) atoms. The summed E-state index contributed by atoms with van der Waals surface area (Å²) in [6.07, 6.45) is 7.95. The number of hydrogen-bond acceptors (Lipinski definition) is 6. The van der Waals surface area contributed by atoms with Gasteiger partial charge in [0, 0.05) is 19.3 Å². The standard InChI is InChI=1S/C23H30N6O4.2ClH/c24-21(25)18-5-3-15(10-27-18)11-28-22(33)23(17-9-14-2-4-16(17)8-14)6-1-7-29(23)19(30)12-26-13-20(31)32;;/h3,5,10,13-14,16-17H,1-2,4,6-9,11-12H2,(H3,24,25)(H,28,33)(H,31,32);2*1H/t14?,16?,17?,23-;;/m1../s1. The molecular formula is C23H32Cl2N6O4. The van der Waals surface area contributed by atoms with Crippen molar-refractivity contribution in [1.29, 1.82) is 5.41 Å². The number of carbonyl (C=O) groups is 3. The first-order valence-electron chi connectivity index (χ1n) is 11.4. The van der Waals surface area contributed by atoms with E-state index in [9.17, 15) is 14.4 Å². The van der Waals surface area contributed by atoms with Gasteiger partial charge in [-0.15, -0.1) is 24.8 Å². The number of amides is 2. The van der Waals surface area contributed by atoms with Crippen LogP contribution in [0.3, 0.4) is 0 Å². The fourth-order valence-corrected chi connectivity index (χ4v) is 6.12. The summed E-state index contributed by atoms with van der Waals surface area (Å²) in [5.41, 5.74) is 5.67. The van der Waals surface area contributed by atoms with Crippen LogP contribution in [-0.2, 0) is 20.9 Å². The number of carbonyl (C=O) groups excluding carboxylic acids is 2. The van der Waals surface area contributed by atoms with E-state index in [1.807, 2.05) is 0 Å². The number of fused-ring (bicyclic) bond motifs is 2. The molecule has 3 unspecified atom stereocenters. The first kappa shape index (κ1) is 28.5. The van der Waals surface area contributed by atoms with Gasteiger partial charge in [-0.2, -0.15) is 0 Å². The predicted octanol–water partition coefficient (Wildman–Crippen LogP) is 1.78. The summed E-state index contributed by atoms with van der Waals surface area (Å²) in [6.45, 7) is 0.446. The first-order valence-corrected chi connectivity index (χ1v) is 11.4. The zero-order valence-corrected chi connectivity index (χ0v) is 20.9. The normalized spacial score (nSPS) is 26.7. The molecule has 1 aromatic heterocycles. The van der Waals surface area contributed by atoms with Gasteiger partial charge in [-0.25, -0.2) is 4.79 Å². The fraction of sp³-hybridized carbons (Fsp3) is 0.565. The molecule has 0 aromatic carbocycles. The van der Waals surface area contributed by atoms with Crippen molar-refractivity contribution in [3.05, 3.63) is 29.6 Å². The van der Waals surface area contributed by atoms with E-state index in [4.69, 9.17) is 16.2 Å². The molecule has 2 amide bonds. The molecule has 2 aliphatic carbocycles. The van der Waals surface area contributed by atoms with Crippen LogP contribution in [0.2, 0.25) is 0 Å². The minimum atomic E-state index is -1.20. The number of aliphatic imine (C=N–C) groups is 1. The molecule has 0 spiro atoms. The molecule has 2 bridgehead atoms. The zero-order chi connectivity index (χ0) is 23.6. The monoisotopic (exact) mass is 526 g/mol. The van der Waals surface area contributed by atoms with Crippen molar-refractivity contribution in [1.82, 2.24) is 15.2 Å². The summed E-state index contributed by atoms with van der Waals surface area (Å²) in [4.78, 5) is 47.2. The Labute approximate surface area is 216 Å². The molecular weight excluding hydrogens is 495 g/mol. The molecule has 2 saturated carbocycles. The average molecular weight is 527 g/mol. The highest BCUT2D eigenvalue weighted by molar-refractivity contribution is 6.22. The van der Waals surface area contributed by atoms with Gasteiger partial charge >= 0.3 is 5.97 Å². The molecule has 10 nitrogen and oxygen atoms in total. The minimum Gasteiger partial charge on any atom is -0.477 e. The number of pyridine rings is 1. The highest BCUT2D eigenvalue weighted by Gasteiger charge is 2.59. The Morgan fingerprint density at radius 2 is 2.06 bits per heavy atom. The lowest BCUT2D eigenvalue weighted by atomic mass is 9.71. The van der Waals surface area contributed by atoms with Gasteiger partial charge in [-0.3, -0.25) is 25.0 Å². The lowest BCUT2D eigenvalue weighted by Crippen LogP contribution is -2.62. The number of hydrogen-bond donors (Lipinski definition) is 4. The van der Waals surface area contributed by atoms with E-state index >= 15 is 0 Å². The van der Waals surface area contributed by atoms with Gasteiger partial charge in [0.2, 0.25) is 11.8 Å². The first-order chi connectivity index (χ1) is 15.8. The van der Waals surface area contributed by atoms with Crippen molar-refractivity contribution in [2.45, 2.75) is 50.6 Å². The van der Waals surface area contributed by atoms with E-state index in [1.54, 1.807) is 23.2 Å². The Hall–Kier alpha value is -2.72. The van der Waals surface area contributed by atoms with Crippen molar-refractivity contribution in [3.63, 3.8) is 0 Å². The predicted molar refractivity (Wildman–Crippen MR) is 135 cm³/mol. The van der Waals surface area contributed by atoms with Gasteiger partial charge < -0.3 is 21.1 Å². The number of nitrogens with one attached hydrogen (secondary N) is 2. The van der Waals surface area contributed by atoms with Crippen LogP contribution in [0, 0.1) is 23.2 Å². The number of nitrogens with two attached hydrogens (primary N) is 1. The molecule has 12 heteroatoms. The van der Waals surface area contributed by atoms with Gasteiger partial charge in [0.15, 0.2) is 0 Å². The van der Waals surface area contributed by atoms with Crippen LogP contribution >= 0.6 is 24.8 Å². The summed E-state index contributed by atoms with van der Waals surface area (Å²) in [7, 11) is 0. The lowest BCUT2D eigenvalue weighted by molar-refractivity contribution is -0.149. The second kappa shape index (κ2) is 11.8. The highest BCUT2D eigenvalue weighted by Crippen LogP contribution is 2.56. The third-order valence-corrected chi connectivity index (χ3v) is 7.45. The molecule has 4 atom stereocenters. The van der Waals surface area contributed by atoms with Crippen molar-refractivity contribution in [2.24, 2.45) is 28.5 Å². The summed E-state index contributed by atoms with van der Waals surface area (Å²) >= 11 is 0. The van der Waals surface area contributed by atoms with Crippen LogP contribution in [0.15, 0.2) is 23.3 Å². The van der Waals surface area contributed by atoms with E-state index in [1.165, 1.54) is 6.42 Å². The minimum absolute atomic E-state index is 0. The Kier molecular flexibility index (Phi) is 9.62. The van der Waals surface area contributed by atoms with E-state index in [0.29, 0.717) is 30.5 Å². The van der Waals surface area contributed by atoms with Crippen molar-refractivity contribution in [3.8, 4) is 0 Å². The van der Waals surface area contributed by atoms with Crippen molar-refractivity contribution in [2.75, 3.05) is 13.1 Å². The Balaban J connectivity index is 0.00000216. The Bertz CT molecular complexity index is 989. The van der Waals surface area contributed by atoms with E-state index in [0.717, 1.165) is 37.5 Å². The molecule has 1 saturated heterocycles. The number of aromatic nitrogens is 1. The van der Waals surface area contributed by atoms with E-state index in [2.05, 4.69) is 15.3 Å². The second-order valence-electron chi connectivity index (χ2n) is 9.31. The smallest absolute Gasteiger partial charge is 0.346 e. The van der Waals surface area contributed by atoms with Crippen LogP contribution < -0.4 is 11.1 Å². The molecule has 2 heterocycles. The van der Waals surface area contributed by atoms with Gasteiger partial charge in [0.1, 0.15) is 29.8 Å². The van der Waals surface area contributed by atoms with Crippen molar-refractivity contribution < 1.29 is 19.5 Å². The number of nitrogens with zero attached hydrogens (tertiary/aromatic N) is 3. The fourth-order valence-electron chi connectivity index (χ4n) is 6.12. The van der Waals surface area contributed by atoms with Gasteiger partial charge in [0.25, 0.3) is 0 Å². The Morgan fingerprint density at radius 1 is 1.29 bits per heavy atom. The van der Waals surface area contributed by atoms with Gasteiger partial charge in [0.05, 0.1) is 0 Å². The van der Waals surface area contributed by atoms with E-state index < -0.39 is 11.5 Å². The van der Waals surface area contributed by atoms with Crippen LogP contribution in [0.1, 0.15) is 49.8 Å². The summed E-state index contributed by atoms with van der Waals surface area (Å²) in [5.74, 6) is -0.662. The number of carboxylic acid groups (broad SMARTS) is 1. The van der Waals surface area contributed by atoms with Gasteiger partial charge in [-0.1, -0.05) is 12.5 Å². The zero-order valence-electron chi connectivity index (χ0n) is 19.3. The molecule has 1 aliphatic heterocycles. The quantitative estimate of drug-likeness (QED) is 0.298. The molecule has 192 valence electrons. The van der Waals surface area contributed by atoms with Crippen molar-refractivity contribution >= 4 is 54.6 Å². The van der Waals surface area contributed by atoms with Gasteiger partial charge in [-0.05, 0) is 61.5 Å². The highest BCUT2D eigenvalue weighted by atomic mass is 35.5. The maximum atomic E-state index is 13.8. The molecule has 3 fully saturated rings. The molecule has 3 aliphatic rings. The molecule has 1 aromatic rings. The summed E-state index contributed by atoms with van der Waals surface area (Å²) < 4.78 is 0. The number of nitrogen functional groups attached to an aromatic ring is 1. The number of halogens is 2. The topological polar surface area (TPSA) is 162 Å². The van der Waals surface area contributed by atoms with Crippen LogP contribution in [0.25, 0.3) is 0 Å². The second-order valence-corrected chi connectivity index (χ2v) is 9.31. The Morgan fingerprint density at radius 3 is 2.63 bits per heavy atom. The molecule has 4 rings (SSSR count). The maximum absolute atomic E-state index is 13.8. The molecule has 0 radical (unpaired) electrons. The third-order valence-electron chi connectivity index (χ3n) is 7.45. The average Bonchev–Trinajstić information content (AvgIpc) is 3.53. The largest absolute Gasteiger partial charge is 0.477 e. The maximum Gasteiger partial charge on any atom is 0.346 e. The van der Waals surface area contributed by atoms with Crippen LogP contribution in [0.4, 0.5) is 0 Å². The number of carboxylic acids is 1.